The fourth-order valence-electron chi connectivity index (χ4n) is 2.87. The van der Waals surface area contributed by atoms with Crippen LogP contribution in [0.3, 0.4) is 0 Å². The standard InChI is InChI=1S/C20H17F3O/c1-2-3-4-12-7-18(22)20(19(23)8-12)14-9-13-5-6-15(24)11-16(13)17(21)10-14/h5-11,24H,2-4H2,1H3. The number of unbranched alkanes of at least 4 members (excludes halogenated alkanes) is 1. The van der Waals surface area contributed by atoms with Gasteiger partial charge in [0.15, 0.2) is 0 Å². The second-order valence-corrected chi connectivity index (χ2v) is 5.90. The molecule has 0 spiro atoms. The van der Waals surface area contributed by atoms with Crippen molar-refractivity contribution in [1.29, 1.82) is 0 Å². The minimum Gasteiger partial charge on any atom is -0.508 e. The lowest BCUT2D eigenvalue weighted by atomic mass is 9.97. The Kier molecular flexibility index (Phi) is 4.47. The lowest BCUT2D eigenvalue weighted by Gasteiger charge is -2.10. The molecule has 3 aromatic rings. The third-order valence-electron chi connectivity index (χ3n) is 4.10. The van der Waals surface area contributed by atoms with Crippen molar-refractivity contribution in [3.05, 3.63) is 65.5 Å². The summed E-state index contributed by atoms with van der Waals surface area (Å²) in [6.07, 6.45) is 2.40. The molecule has 3 rings (SSSR count). The number of phenols is 1. The van der Waals surface area contributed by atoms with Crippen molar-refractivity contribution in [3.8, 4) is 16.9 Å². The number of rotatable bonds is 4. The van der Waals surface area contributed by atoms with E-state index in [0.29, 0.717) is 17.4 Å². The smallest absolute Gasteiger partial charge is 0.134 e. The minimum absolute atomic E-state index is 0.0632. The topological polar surface area (TPSA) is 20.2 Å². The molecule has 3 aromatic carbocycles. The summed E-state index contributed by atoms with van der Waals surface area (Å²) < 4.78 is 43.1. The van der Waals surface area contributed by atoms with Crippen LogP contribution in [0.15, 0.2) is 42.5 Å². The summed E-state index contributed by atoms with van der Waals surface area (Å²) in [5.41, 5.74) is 0.508. The van der Waals surface area contributed by atoms with Crippen LogP contribution < -0.4 is 0 Å². The van der Waals surface area contributed by atoms with Crippen LogP contribution >= 0.6 is 0 Å². The molecular weight excluding hydrogens is 313 g/mol. The van der Waals surface area contributed by atoms with Crippen LogP contribution in [0.25, 0.3) is 21.9 Å². The molecule has 1 nitrogen and oxygen atoms in total. The zero-order valence-electron chi connectivity index (χ0n) is 13.2. The Hall–Kier alpha value is -2.49. The minimum atomic E-state index is -0.696. The number of aryl methyl sites for hydroxylation is 1. The normalized spacial score (nSPS) is 11.2. The summed E-state index contributed by atoms with van der Waals surface area (Å²) in [6, 6.07) is 9.45. The number of hydrogen-bond donors (Lipinski definition) is 1. The molecule has 4 heteroatoms. The highest BCUT2D eigenvalue weighted by atomic mass is 19.1. The quantitative estimate of drug-likeness (QED) is 0.624. The number of halogens is 3. The molecule has 0 aliphatic rings. The van der Waals surface area contributed by atoms with Crippen molar-refractivity contribution in [2.45, 2.75) is 26.2 Å². The lowest BCUT2D eigenvalue weighted by molar-refractivity contribution is 0.476. The van der Waals surface area contributed by atoms with Gasteiger partial charge in [0.25, 0.3) is 0 Å². The maximum absolute atomic E-state index is 14.4. The fraction of sp³-hybridized carbons (Fsp3) is 0.200. The van der Waals surface area contributed by atoms with Crippen LogP contribution in [0.4, 0.5) is 13.2 Å². The summed E-state index contributed by atoms with van der Waals surface area (Å²) in [5.74, 6) is -2.09. The Morgan fingerprint density at radius 2 is 1.58 bits per heavy atom. The average Bonchev–Trinajstić information content (AvgIpc) is 2.53. The van der Waals surface area contributed by atoms with Crippen LogP contribution in [0.5, 0.6) is 5.75 Å². The summed E-state index contributed by atoms with van der Waals surface area (Å²) in [7, 11) is 0. The molecule has 0 atom stereocenters. The molecular formula is C20H17F3O. The Morgan fingerprint density at radius 1 is 0.875 bits per heavy atom. The van der Waals surface area contributed by atoms with E-state index in [1.54, 1.807) is 0 Å². The Morgan fingerprint density at radius 3 is 2.25 bits per heavy atom. The predicted octanol–water partition coefficient (Wildman–Crippen LogP) is 5.97. The van der Waals surface area contributed by atoms with Gasteiger partial charge < -0.3 is 5.11 Å². The molecule has 0 unspecified atom stereocenters. The Bertz CT molecular complexity index is 880. The van der Waals surface area contributed by atoms with Crippen LogP contribution in [0.2, 0.25) is 0 Å². The molecule has 124 valence electrons. The van der Waals surface area contributed by atoms with Gasteiger partial charge in [-0.15, -0.1) is 0 Å². The van der Waals surface area contributed by atoms with Gasteiger partial charge >= 0.3 is 0 Å². The van der Waals surface area contributed by atoms with E-state index in [0.717, 1.165) is 18.9 Å². The SMILES string of the molecule is CCCCc1cc(F)c(-c2cc(F)c3cc(O)ccc3c2)c(F)c1. The average molecular weight is 330 g/mol. The van der Waals surface area contributed by atoms with Gasteiger partial charge in [-0.1, -0.05) is 19.4 Å². The molecule has 0 aromatic heterocycles. The van der Waals surface area contributed by atoms with E-state index in [1.807, 2.05) is 6.92 Å². The van der Waals surface area contributed by atoms with E-state index in [-0.39, 0.29) is 22.3 Å². The molecule has 0 amide bonds. The maximum atomic E-state index is 14.4. The highest BCUT2D eigenvalue weighted by molar-refractivity contribution is 5.89. The molecule has 24 heavy (non-hydrogen) atoms. The van der Waals surface area contributed by atoms with E-state index in [2.05, 4.69) is 0 Å². The monoisotopic (exact) mass is 330 g/mol. The molecule has 0 radical (unpaired) electrons. The lowest BCUT2D eigenvalue weighted by Crippen LogP contribution is -1.96. The van der Waals surface area contributed by atoms with E-state index >= 15 is 0 Å². The van der Waals surface area contributed by atoms with Gasteiger partial charge in [0.05, 0.1) is 5.56 Å². The van der Waals surface area contributed by atoms with Crippen molar-refractivity contribution < 1.29 is 18.3 Å². The number of benzene rings is 3. The fourth-order valence-corrected chi connectivity index (χ4v) is 2.87. The summed E-state index contributed by atoms with van der Waals surface area (Å²) in [4.78, 5) is 0. The first-order chi connectivity index (χ1) is 11.5. The molecule has 0 bridgehead atoms. The van der Waals surface area contributed by atoms with Crippen LogP contribution in [0, 0.1) is 17.5 Å². The largest absolute Gasteiger partial charge is 0.508 e. The van der Waals surface area contributed by atoms with Crippen molar-refractivity contribution in [1.82, 2.24) is 0 Å². The van der Waals surface area contributed by atoms with Gasteiger partial charge in [0, 0.05) is 5.39 Å². The van der Waals surface area contributed by atoms with Crippen LogP contribution in [-0.2, 0) is 6.42 Å². The van der Waals surface area contributed by atoms with Gasteiger partial charge in [-0.3, -0.25) is 0 Å². The number of aromatic hydroxyl groups is 1. The third-order valence-corrected chi connectivity index (χ3v) is 4.10. The zero-order chi connectivity index (χ0) is 17.3. The highest BCUT2D eigenvalue weighted by Gasteiger charge is 2.16. The summed E-state index contributed by atoms with van der Waals surface area (Å²) >= 11 is 0. The number of hydrogen-bond acceptors (Lipinski definition) is 1. The number of fused-ring (bicyclic) bond motifs is 1. The summed E-state index contributed by atoms with van der Waals surface area (Å²) in [6.45, 7) is 2.01. The van der Waals surface area contributed by atoms with E-state index < -0.39 is 17.5 Å². The second-order valence-electron chi connectivity index (χ2n) is 5.90. The van der Waals surface area contributed by atoms with Gasteiger partial charge in [0.2, 0.25) is 0 Å². The molecule has 0 saturated heterocycles. The highest BCUT2D eigenvalue weighted by Crippen LogP contribution is 2.32. The van der Waals surface area contributed by atoms with Crippen LogP contribution in [0.1, 0.15) is 25.3 Å². The summed E-state index contributed by atoms with van der Waals surface area (Å²) in [5, 5.41) is 10.1. The Labute approximate surface area is 138 Å². The van der Waals surface area contributed by atoms with Crippen molar-refractivity contribution in [2.75, 3.05) is 0 Å². The second kappa shape index (κ2) is 6.56. The molecule has 0 aliphatic heterocycles. The van der Waals surface area contributed by atoms with Crippen molar-refractivity contribution in [3.63, 3.8) is 0 Å². The molecule has 1 N–H and O–H groups in total. The number of phenolic OH excluding ortho intramolecular Hbond substituents is 1. The molecule has 0 heterocycles. The van der Waals surface area contributed by atoms with Gasteiger partial charge in [-0.05, 0) is 65.8 Å². The van der Waals surface area contributed by atoms with E-state index in [9.17, 15) is 18.3 Å². The van der Waals surface area contributed by atoms with E-state index in [1.165, 1.54) is 36.4 Å². The molecule has 0 saturated carbocycles. The molecule has 0 fully saturated rings. The predicted molar refractivity (Wildman–Crippen MR) is 89.5 cm³/mol. The van der Waals surface area contributed by atoms with Crippen molar-refractivity contribution >= 4 is 10.8 Å². The Balaban J connectivity index is 2.12. The maximum Gasteiger partial charge on any atom is 0.134 e. The first-order valence-corrected chi connectivity index (χ1v) is 7.90. The van der Waals surface area contributed by atoms with Gasteiger partial charge in [-0.25, -0.2) is 13.2 Å². The van der Waals surface area contributed by atoms with E-state index in [4.69, 9.17) is 0 Å². The van der Waals surface area contributed by atoms with Gasteiger partial charge in [-0.2, -0.15) is 0 Å². The van der Waals surface area contributed by atoms with Crippen molar-refractivity contribution in [2.24, 2.45) is 0 Å². The first-order valence-electron chi connectivity index (χ1n) is 7.90. The van der Waals surface area contributed by atoms with Gasteiger partial charge in [0.1, 0.15) is 23.2 Å². The van der Waals surface area contributed by atoms with Crippen LogP contribution in [-0.4, -0.2) is 5.11 Å². The zero-order valence-corrected chi connectivity index (χ0v) is 13.2. The first kappa shape index (κ1) is 16.4. The third kappa shape index (κ3) is 3.09. The molecule has 0 aliphatic carbocycles.